The van der Waals surface area contributed by atoms with Crippen LogP contribution in [0.4, 0.5) is 4.39 Å². The minimum absolute atomic E-state index is 0.229. The zero-order valence-corrected chi connectivity index (χ0v) is 12.5. The second kappa shape index (κ2) is 4.09. The third-order valence-corrected chi connectivity index (χ3v) is 4.54. The summed E-state index contributed by atoms with van der Waals surface area (Å²) in [6.45, 7) is 8.04. The predicted octanol–water partition coefficient (Wildman–Crippen LogP) is 2.62. The van der Waals surface area contributed by atoms with Gasteiger partial charge in [0.05, 0.1) is 16.7 Å². The van der Waals surface area contributed by atoms with Crippen molar-refractivity contribution in [2.75, 3.05) is 0 Å². The molecule has 0 bridgehead atoms. The van der Waals surface area contributed by atoms with Gasteiger partial charge < -0.3 is 13.9 Å². The number of halogens is 1. The van der Waals surface area contributed by atoms with E-state index in [1.807, 2.05) is 51.4 Å². The van der Waals surface area contributed by atoms with Crippen LogP contribution in [0, 0.1) is 5.82 Å². The Morgan fingerprint density at radius 2 is 1.70 bits per heavy atom. The van der Waals surface area contributed by atoms with Crippen LogP contribution in [-0.4, -0.2) is 22.9 Å². The number of aryl methyl sites for hydroxylation is 1. The molecule has 0 amide bonds. The van der Waals surface area contributed by atoms with E-state index in [0.29, 0.717) is 5.52 Å². The Labute approximate surface area is 118 Å². The molecule has 0 spiro atoms. The van der Waals surface area contributed by atoms with E-state index in [-0.39, 0.29) is 5.82 Å². The molecule has 1 aliphatic rings. The van der Waals surface area contributed by atoms with Crippen LogP contribution in [0.2, 0.25) is 0 Å². The highest BCUT2D eigenvalue weighted by molar-refractivity contribution is 6.61. The lowest BCUT2D eigenvalue weighted by Crippen LogP contribution is -2.41. The Morgan fingerprint density at radius 3 is 2.25 bits per heavy atom. The van der Waals surface area contributed by atoms with Gasteiger partial charge in [0.1, 0.15) is 5.82 Å². The van der Waals surface area contributed by atoms with Gasteiger partial charge in [0, 0.05) is 18.0 Å². The Hall–Kier alpha value is -1.33. The van der Waals surface area contributed by atoms with Gasteiger partial charge in [0.15, 0.2) is 0 Å². The van der Waals surface area contributed by atoms with Gasteiger partial charge in [-0.3, -0.25) is 0 Å². The second-order valence-electron chi connectivity index (χ2n) is 6.39. The van der Waals surface area contributed by atoms with Crippen molar-refractivity contribution in [2.45, 2.75) is 38.9 Å². The first-order valence-electron chi connectivity index (χ1n) is 6.82. The summed E-state index contributed by atoms with van der Waals surface area (Å²) in [6, 6.07) is 7.01. The standard InChI is InChI=1S/C15H19BFNO2/c1-14(2)15(3,4)20-16(19-14)12-9-10-7-6-8-11(17)13(10)18(12)5/h6-9H,1-5H3. The van der Waals surface area contributed by atoms with Crippen molar-refractivity contribution >= 4 is 23.6 Å². The van der Waals surface area contributed by atoms with E-state index in [4.69, 9.17) is 9.31 Å². The molecule has 0 aliphatic carbocycles. The molecular weight excluding hydrogens is 256 g/mol. The van der Waals surface area contributed by atoms with E-state index in [1.54, 1.807) is 6.07 Å². The molecule has 1 saturated heterocycles. The highest BCUT2D eigenvalue weighted by Crippen LogP contribution is 2.36. The smallest absolute Gasteiger partial charge is 0.398 e. The van der Waals surface area contributed by atoms with Gasteiger partial charge in [0.25, 0.3) is 0 Å². The SMILES string of the molecule is Cn1c(B2OC(C)(C)C(C)(C)O2)cc2cccc(F)c21. The molecule has 2 heterocycles. The fraction of sp³-hybridized carbons (Fsp3) is 0.467. The zero-order chi connectivity index (χ0) is 14.7. The number of hydrogen-bond acceptors (Lipinski definition) is 2. The fourth-order valence-electron chi connectivity index (χ4n) is 2.58. The average Bonchev–Trinajstić information content (AvgIpc) is 2.76. The molecule has 0 N–H and O–H groups in total. The van der Waals surface area contributed by atoms with Gasteiger partial charge in [0.2, 0.25) is 0 Å². The Morgan fingerprint density at radius 1 is 1.10 bits per heavy atom. The van der Waals surface area contributed by atoms with Gasteiger partial charge in [-0.05, 0) is 39.8 Å². The van der Waals surface area contributed by atoms with Crippen molar-refractivity contribution in [2.24, 2.45) is 7.05 Å². The number of fused-ring (bicyclic) bond motifs is 1. The molecule has 1 aromatic heterocycles. The number of aromatic nitrogens is 1. The minimum atomic E-state index is -0.475. The fourth-order valence-corrected chi connectivity index (χ4v) is 2.58. The van der Waals surface area contributed by atoms with Gasteiger partial charge in [-0.1, -0.05) is 12.1 Å². The van der Waals surface area contributed by atoms with Gasteiger partial charge in [-0.15, -0.1) is 0 Å². The number of nitrogens with zero attached hydrogens (tertiary/aromatic N) is 1. The number of hydrogen-bond donors (Lipinski definition) is 0. The third kappa shape index (κ3) is 1.80. The van der Waals surface area contributed by atoms with Crippen LogP contribution in [-0.2, 0) is 16.4 Å². The van der Waals surface area contributed by atoms with E-state index in [0.717, 1.165) is 11.0 Å². The summed E-state index contributed by atoms with van der Waals surface area (Å²) in [7, 11) is 1.36. The lowest BCUT2D eigenvalue weighted by molar-refractivity contribution is 0.00578. The van der Waals surface area contributed by atoms with E-state index in [9.17, 15) is 4.39 Å². The molecule has 3 rings (SSSR count). The maximum atomic E-state index is 13.9. The van der Waals surface area contributed by atoms with Crippen molar-refractivity contribution in [1.82, 2.24) is 4.57 Å². The first-order valence-corrected chi connectivity index (χ1v) is 6.82. The molecule has 20 heavy (non-hydrogen) atoms. The van der Waals surface area contributed by atoms with Crippen LogP contribution in [0.5, 0.6) is 0 Å². The second-order valence-corrected chi connectivity index (χ2v) is 6.39. The topological polar surface area (TPSA) is 23.4 Å². The molecule has 0 atom stereocenters. The summed E-state index contributed by atoms with van der Waals surface area (Å²) in [5.74, 6) is -0.229. The van der Waals surface area contributed by atoms with Crippen molar-refractivity contribution in [1.29, 1.82) is 0 Å². The summed E-state index contributed by atoms with van der Waals surface area (Å²) in [5.41, 5.74) is 0.625. The van der Waals surface area contributed by atoms with Crippen LogP contribution >= 0.6 is 0 Å². The first kappa shape index (κ1) is 13.6. The normalized spacial score (nSPS) is 20.8. The molecule has 106 valence electrons. The maximum absolute atomic E-state index is 13.9. The largest absolute Gasteiger partial charge is 0.512 e. The molecule has 0 radical (unpaired) electrons. The summed E-state index contributed by atoms with van der Waals surface area (Å²) < 4.78 is 27.8. The number of para-hydroxylation sites is 1. The summed E-state index contributed by atoms with van der Waals surface area (Å²) in [6.07, 6.45) is 0. The molecule has 3 nitrogen and oxygen atoms in total. The van der Waals surface area contributed by atoms with Crippen molar-refractivity contribution in [3.05, 3.63) is 30.1 Å². The minimum Gasteiger partial charge on any atom is -0.398 e. The summed E-state index contributed by atoms with van der Waals surface area (Å²) in [4.78, 5) is 0. The lowest BCUT2D eigenvalue weighted by Gasteiger charge is -2.32. The third-order valence-electron chi connectivity index (χ3n) is 4.54. The van der Waals surface area contributed by atoms with E-state index in [1.165, 1.54) is 6.07 Å². The molecular formula is C15H19BFNO2. The maximum Gasteiger partial charge on any atom is 0.512 e. The predicted molar refractivity (Wildman–Crippen MR) is 78.6 cm³/mol. The highest BCUT2D eigenvalue weighted by atomic mass is 19.1. The van der Waals surface area contributed by atoms with Crippen molar-refractivity contribution in [3.8, 4) is 0 Å². The van der Waals surface area contributed by atoms with Crippen LogP contribution in [0.15, 0.2) is 24.3 Å². The van der Waals surface area contributed by atoms with Gasteiger partial charge in [-0.25, -0.2) is 4.39 Å². The van der Waals surface area contributed by atoms with Crippen molar-refractivity contribution < 1.29 is 13.7 Å². The van der Waals surface area contributed by atoms with Crippen LogP contribution in [0.3, 0.4) is 0 Å². The number of rotatable bonds is 1. The molecule has 0 saturated carbocycles. The van der Waals surface area contributed by atoms with E-state index >= 15 is 0 Å². The summed E-state index contributed by atoms with van der Waals surface area (Å²) in [5, 5.41) is 0.859. The highest BCUT2D eigenvalue weighted by Gasteiger charge is 2.52. The average molecular weight is 275 g/mol. The summed E-state index contributed by atoms with van der Waals surface area (Å²) >= 11 is 0. The van der Waals surface area contributed by atoms with Crippen LogP contribution < -0.4 is 5.59 Å². The molecule has 1 aliphatic heterocycles. The molecule has 2 aromatic rings. The van der Waals surface area contributed by atoms with Gasteiger partial charge in [-0.2, -0.15) is 0 Å². The van der Waals surface area contributed by atoms with E-state index < -0.39 is 18.3 Å². The first-order chi connectivity index (χ1) is 9.23. The molecule has 1 aromatic carbocycles. The molecule has 0 unspecified atom stereocenters. The zero-order valence-electron chi connectivity index (χ0n) is 12.5. The quantitative estimate of drug-likeness (QED) is 0.747. The molecule has 5 heteroatoms. The van der Waals surface area contributed by atoms with Crippen molar-refractivity contribution in [3.63, 3.8) is 0 Å². The van der Waals surface area contributed by atoms with E-state index in [2.05, 4.69) is 0 Å². The number of benzene rings is 1. The van der Waals surface area contributed by atoms with Crippen LogP contribution in [0.25, 0.3) is 10.9 Å². The Bertz CT molecular complexity index is 662. The van der Waals surface area contributed by atoms with Gasteiger partial charge >= 0.3 is 7.12 Å². The Balaban J connectivity index is 2.09. The lowest BCUT2D eigenvalue weighted by atomic mass is 9.84. The monoisotopic (exact) mass is 275 g/mol. The molecule has 1 fully saturated rings. The Kier molecular flexibility index (Phi) is 2.79. The van der Waals surface area contributed by atoms with Crippen LogP contribution in [0.1, 0.15) is 27.7 Å².